The van der Waals surface area contributed by atoms with E-state index in [4.69, 9.17) is 0 Å². The molecule has 0 saturated carbocycles. The first-order chi connectivity index (χ1) is 9.70. The molecule has 0 saturated heterocycles. The molecule has 108 valence electrons. The van der Waals surface area contributed by atoms with Gasteiger partial charge >= 0.3 is 0 Å². The van der Waals surface area contributed by atoms with Gasteiger partial charge in [0.05, 0.1) is 0 Å². The maximum Gasteiger partial charge on any atom is 0.149 e. The Kier molecular flexibility index (Phi) is 6.06. The van der Waals surface area contributed by atoms with E-state index in [9.17, 15) is 4.39 Å². The van der Waals surface area contributed by atoms with Crippen LogP contribution < -0.4 is 5.32 Å². The summed E-state index contributed by atoms with van der Waals surface area (Å²) in [7, 11) is 0. The number of nitrogens with zero attached hydrogens (tertiary/aromatic N) is 2. The second-order valence-electron chi connectivity index (χ2n) is 4.48. The third-order valence-corrected chi connectivity index (χ3v) is 4.50. The second kappa shape index (κ2) is 7.81. The molecule has 0 aliphatic carbocycles. The Balaban J connectivity index is 1.96. The van der Waals surface area contributed by atoms with E-state index in [0.717, 1.165) is 52.4 Å². The molecule has 1 N–H and O–H groups in total. The average Bonchev–Trinajstić information content (AvgIpc) is 2.90. The smallest absolute Gasteiger partial charge is 0.149 e. The lowest BCUT2D eigenvalue weighted by molar-refractivity contribution is 0.628. The highest BCUT2D eigenvalue weighted by Gasteiger charge is 2.10. The number of rotatable bonds is 7. The molecule has 1 aromatic carbocycles. The SMILES string of the molecule is CCCNCCCc1nnc(-c2cc(F)ccc2Br)s1. The number of nitrogens with one attached hydrogen (secondary N) is 1. The molecule has 2 aromatic rings. The van der Waals surface area contributed by atoms with Crippen LogP contribution in [0, 0.1) is 5.82 Å². The summed E-state index contributed by atoms with van der Waals surface area (Å²) in [5.74, 6) is -0.260. The topological polar surface area (TPSA) is 37.8 Å². The summed E-state index contributed by atoms with van der Waals surface area (Å²) in [4.78, 5) is 0. The van der Waals surface area contributed by atoms with Gasteiger partial charge in [0.1, 0.15) is 15.8 Å². The number of aromatic nitrogens is 2. The highest BCUT2D eigenvalue weighted by Crippen LogP contribution is 2.31. The highest BCUT2D eigenvalue weighted by atomic mass is 79.9. The van der Waals surface area contributed by atoms with E-state index in [1.54, 1.807) is 6.07 Å². The fourth-order valence-corrected chi connectivity index (χ4v) is 3.27. The van der Waals surface area contributed by atoms with Crippen LogP contribution in [0.15, 0.2) is 22.7 Å². The van der Waals surface area contributed by atoms with Gasteiger partial charge in [-0.15, -0.1) is 10.2 Å². The number of halogens is 2. The summed E-state index contributed by atoms with van der Waals surface area (Å²) < 4.78 is 14.1. The van der Waals surface area contributed by atoms with Crippen molar-refractivity contribution >= 4 is 27.3 Å². The Morgan fingerprint density at radius 3 is 2.95 bits per heavy atom. The van der Waals surface area contributed by atoms with Gasteiger partial charge in [0, 0.05) is 16.5 Å². The molecule has 0 radical (unpaired) electrons. The van der Waals surface area contributed by atoms with E-state index in [-0.39, 0.29) is 5.82 Å². The Morgan fingerprint density at radius 1 is 1.30 bits per heavy atom. The molecule has 6 heteroatoms. The lowest BCUT2D eigenvalue weighted by Crippen LogP contribution is -2.16. The fraction of sp³-hybridized carbons (Fsp3) is 0.429. The third kappa shape index (κ3) is 4.33. The van der Waals surface area contributed by atoms with Gasteiger partial charge in [-0.1, -0.05) is 34.2 Å². The lowest BCUT2D eigenvalue weighted by Gasteiger charge is -2.00. The standard InChI is InChI=1S/C14H17BrFN3S/c1-2-7-17-8-3-4-13-18-19-14(20-13)11-9-10(16)5-6-12(11)15/h5-6,9,17H,2-4,7-8H2,1H3. The first-order valence-electron chi connectivity index (χ1n) is 6.69. The Bertz CT molecular complexity index is 559. The van der Waals surface area contributed by atoms with Gasteiger partial charge in [0.25, 0.3) is 0 Å². The molecule has 3 nitrogen and oxygen atoms in total. The highest BCUT2D eigenvalue weighted by molar-refractivity contribution is 9.10. The predicted molar refractivity (Wildman–Crippen MR) is 84.5 cm³/mol. The van der Waals surface area contributed by atoms with Crippen molar-refractivity contribution in [2.24, 2.45) is 0 Å². The van der Waals surface area contributed by atoms with Gasteiger partial charge in [-0.25, -0.2) is 4.39 Å². The van der Waals surface area contributed by atoms with Gasteiger partial charge in [0.2, 0.25) is 0 Å². The Morgan fingerprint density at radius 2 is 2.15 bits per heavy atom. The largest absolute Gasteiger partial charge is 0.317 e. The summed E-state index contributed by atoms with van der Waals surface area (Å²) in [5, 5.41) is 13.4. The van der Waals surface area contributed by atoms with Crippen LogP contribution in [0.1, 0.15) is 24.8 Å². The molecule has 0 fully saturated rings. The van der Waals surface area contributed by atoms with Crippen LogP contribution in [0.4, 0.5) is 4.39 Å². The second-order valence-corrected chi connectivity index (χ2v) is 6.40. The van der Waals surface area contributed by atoms with Crippen molar-refractivity contribution in [2.45, 2.75) is 26.2 Å². The molecule has 0 unspecified atom stereocenters. The minimum atomic E-state index is -0.260. The summed E-state index contributed by atoms with van der Waals surface area (Å²) in [6, 6.07) is 4.60. The summed E-state index contributed by atoms with van der Waals surface area (Å²) >= 11 is 4.95. The number of aryl methyl sites for hydroxylation is 1. The summed E-state index contributed by atoms with van der Waals surface area (Å²) in [6.07, 6.45) is 3.09. The Labute approximate surface area is 130 Å². The van der Waals surface area contributed by atoms with Crippen LogP contribution in [0.2, 0.25) is 0 Å². The molecule has 0 bridgehead atoms. The zero-order valence-corrected chi connectivity index (χ0v) is 13.7. The quantitative estimate of drug-likeness (QED) is 0.759. The van der Waals surface area contributed by atoms with Crippen LogP contribution in [0.3, 0.4) is 0 Å². The van der Waals surface area contributed by atoms with Crippen molar-refractivity contribution in [3.05, 3.63) is 33.5 Å². The molecule has 0 atom stereocenters. The maximum absolute atomic E-state index is 13.3. The molecule has 20 heavy (non-hydrogen) atoms. The van der Waals surface area contributed by atoms with Crippen molar-refractivity contribution in [3.63, 3.8) is 0 Å². The van der Waals surface area contributed by atoms with E-state index in [1.807, 2.05) is 0 Å². The summed E-state index contributed by atoms with van der Waals surface area (Å²) in [5.41, 5.74) is 0.762. The Hall–Kier alpha value is -0.850. The van der Waals surface area contributed by atoms with Gasteiger partial charge in [-0.2, -0.15) is 0 Å². The van der Waals surface area contributed by atoms with E-state index in [0.29, 0.717) is 0 Å². The zero-order chi connectivity index (χ0) is 14.4. The van der Waals surface area contributed by atoms with E-state index in [1.165, 1.54) is 23.5 Å². The van der Waals surface area contributed by atoms with Crippen molar-refractivity contribution in [2.75, 3.05) is 13.1 Å². The molecule has 0 spiro atoms. The molecule has 2 rings (SSSR count). The van der Waals surface area contributed by atoms with E-state index in [2.05, 4.69) is 38.4 Å². The van der Waals surface area contributed by atoms with Crippen molar-refractivity contribution in [1.82, 2.24) is 15.5 Å². The molecule has 1 heterocycles. The zero-order valence-electron chi connectivity index (χ0n) is 11.3. The van der Waals surface area contributed by atoms with Crippen LogP contribution in [-0.2, 0) is 6.42 Å². The van der Waals surface area contributed by atoms with Crippen LogP contribution in [0.5, 0.6) is 0 Å². The molecular formula is C14H17BrFN3S. The summed E-state index contributed by atoms with van der Waals surface area (Å²) in [6.45, 7) is 4.20. The predicted octanol–water partition coefficient (Wildman–Crippen LogP) is 4.04. The molecule has 1 aromatic heterocycles. The molecule has 0 aliphatic heterocycles. The fourth-order valence-electron chi connectivity index (χ4n) is 1.79. The first-order valence-corrected chi connectivity index (χ1v) is 8.30. The van der Waals surface area contributed by atoms with Gasteiger partial charge in [-0.05, 0) is 44.1 Å². The van der Waals surface area contributed by atoms with Crippen molar-refractivity contribution < 1.29 is 4.39 Å². The van der Waals surface area contributed by atoms with Gasteiger partial charge < -0.3 is 5.32 Å². The normalized spacial score (nSPS) is 10.9. The first kappa shape index (κ1) is 15.5. The molecule has 0 aliphatic rings. The monoisotopic (exact) mass is 357 g/mol. The third-order valence-electron chi connectivity index (χ3n) is 2.80. The minimum absolute atomic E-state index is 0.260. The number of hydrogen-bond acceptors (Lipinski definition) is 4. The lowest BCUT2D eigenvalue weighted by atomic mass is 10.2. The van der Waals surface area contributed by atoms with Gasteiger partial charge in [0.15, 0.2) is 0 Å². The van der Waals surface area contributed by atoms with E-state index < -0.39 is 0 Å². The van der Waals surface area contributed by atoms with Gasteiger partial charge in [-0.3, -0.25) is 0 Å². The van der Waals surface area contributed by atoms with Crippen molar-refractivity contribution in [1.29, 1.82) is 0 Å². The van der Waals surface area contributed by atoms with Crippen molar-refractivity contribution in [3.8, 4) is 10.6 Å². The average molecular weight is 358 g/mol. The number of benzene rings is 1. The van der Waals surface area contributed by atoms with Crippen LogP contribution >= 0.6 is 27.3 Å². The van der Waals surface area contributed by atoms with Crippen LogP contribution in [0.25, 0.3) is 10.6 Å². The van der Waals surface area contributed by atoms with Crippen LogP contribution in [-0.4, -0.2) is 23.3 Å². The number of hydrogen-bond donors (Lipinski definition) is 1. The molecule has 0 amide bonds. The molecular weight excluding hydrogens is 341 g/mol. The minimum Gasteiger partial charge on any atom is -0.317 e. The maximum atomic E-state index is 13.3. The van der Waals surface area contributed by atoms with E-state index >= 15 is 0 Å².